The fourth-order valence-corrected chi connectivity index (χ4v) is 0.632. The Kier molecular flexibility index (Phi) is 4.69. The largest absolute Gasteiger partial charge is 0.391 e. The van der Waals surface area contributed by atoms with Gasteiger partial charge in [0, 0.05) is 6.61 Å². The van der Waals surface area contributed by atoms with Gasteiger partial charge in [-0.3, -0.25) is 0 Å². The van der Waals surface area contributed by atoms with Gasteiger partial charge in [-0.2, -0.15) is 0 Å². The van der Waals surface area contributed by atoms with Crippen LogP contribution in [0.1, 0.15) is 34.1 Å². The highest BCUT2D eigenvalue weighted by Crippen LogP contribution is 2.17. The van der Waals surface area contributed by atoms with Crippen LogP contribution in [-0.2, 0) is 4.74 Å². The Bertz CT molecular complexity index is 92.2. The molecule has 0 aromatic heterocycles. The number of aliphatic hydroxyl groups is 1. The summed E-state index contributed by atoms with van der Waals surface area (Å²) in [6.07, 6.45) is 0.703. The highest BCUT2D eigenvalue weighted by molar-refractivity contribution is 4.60. The second-order valence-electron chi connectivity index (χ2n) is 4.23. The Balaban J connectivity index is 3.15. The van der Waals surface area contributed by atoms with Crippen LogP contribution in [-0.4, -0.2) is 24.4 Å². The number of ether oxygens (including phenoxy) is 1. The second kappa shape index (κ2) is 4.73. The van der Waals surface area contributed by atoms with Gasteiger partial charge in [-0.15, -0.1) is 0 Å². The first kappa shape index (κ1) is 10.9. The van der Waals surface area contributed by atoms with E-state index in [0.29, 0.717) is 12.0 Å². The highest BCUT2D eigenvalue weighted by atomic mass is 16.5. The highest BCUT2D eigenvalue weighted by Gasteiger charge is 2.09. The van der Waals surface area contributed by atoms with Crippen molar-refractivity contribution in [1.82, 2.24) is 0 Å². The lowest BCUT2D eigenvalue weighted by Gasteiger charge is -2.17. The molecule has 0 saturated heterocycles. The molecule has 0 aliphatic heterocycles. The van der Waals surface area contributed by atoms with E-state index in [-0.39, 0.29) is 6.10 Å². The van der Waals surface area contributed by atoms with E-state index in [0.717, 1.165) is 13.0 Å². The third-order valence-electron chi connectivity index (χ3n) is 1.36. The molecular weight excluding hydrogens is 140 g/mol. The van der Waals surface area contributed by atoms with Crippen LogP contribution in [0.2, 0.25) is 0 Å². The minimum atomic E-state index is -0.338. The molecule has 0 saturated carbocycles. The van der Waals surface area contributed by atoms with Gasteiger partial charge in [0.25, 0.3) is 0 Å². The van der Waals surface area contributed by atoms with E-state index in [1.54, 1.807) is 6.92 Å². The molecule has 2 heteroatoms. The molecule has 0 amide bonds. The number of rotatable bonds is 4. The van der Waals surface area contributed by atoms with Crippen LogP contribution in [0.5, 0.6) is 0 Å². The second-order valence-corrected chi connectivity index (χ2v) is 4.23. The van der Waals surface area contributed by atoms with Gasteiger partial charge in [-0.1, -0.05) is 20.8 Å². The summed E-state index contributed by atoms with van der Waals surface area (Å²) in [5, 5.41) is 8.86. The maximum Gasteiger partial charge on any atom is 0.0745 e. The van der Waals surface area contributed by atoms with Crippen molar-refractivity contribution in [3.63, 3.8) is 0 Å². The lowest BCUT2D eigenvalue weighted by molar-refractivity contribution is 0.0355. The van der Waals surface area contributed by atoms with Crippen molar-refractivity contribution >= 4 is 0 Å². The lowest BCUT2D eigenvalue weighted by Crippen LogP contribution is -2.14. The maximum atomic E-state index is 8.86. The fraction of sp³-hybridized carbons (Fsp3) is 1.00. The Labute approximate surface area is 69.6 Å². The predicted octanol–water partition coefficient (Wildman–Crippen LogP) is 1.82. The molecule has 0 aliphatic carbocycles. The predicted molar refractivity (Wildman–Crippen MR) is 46.6 cm³/mol. The molecule has 0 unspecified atom stereocenters. The summed E-state index contributed by atoms with van der Waals surface area (Å²) >= 11 is 0. The van der Waals surface area contributed by atoms with Crippen molar-refractivity contribution in [3.05, 3.63) is 0 Å². The summed E-state index contributed by atoms with van der Waals surface area (Å²) in [5.74, 6) is 0. The van der Waals surface area contributed by atoms with Crippen LogP contribution in [0, 0.1) is 5.41 Å². The van der Waals surface area contributed by atoms with E-state index in [1.807, 2.05) is 0 Å². The van der Waals surface area contributed by atoms with Gasteiger partial charge in [0.2, 0.25) is 0 Å². The van der Waals surface area contributed by atoms with Gasteiger partial charge < -0.3 is 9.84 Å². The Hall–Kier alpha value is -0.0800. The molecule has 0 rings (SSSR count). The van der Waals surface area contributed by atoms with Gasteiger partial charge in [0.1, 0.15) is 0 Å². The van der Waals surface area contributed by atoms with Crippen molar-refractivity contribution in [2.45, 2.75) is 40.2 Å². The molecule has 0 spiro atoms. The van der Waals surface area contributed by atoms with Crippen LogP contribution in [0.25, 0.3) is 0 Å². The summed E-state index contributed by atoms with van der Waals surface area (Å²) in [7, 11) is 0. The molecule has 1 atom stereocenters. The van der Waals surface area contributed by atoms with Gasteiger partial charge in [0.15, 0.2) is 0 Å². The molecule has 2 nitrogen and oxygen atoms in total. The standard InChI is InChI=1S/C9H20O2/c1-8(10)7-11-6-5-9(2,3)4/h8,10H,5-7H2,1-4H3/t8-/m1/s1. The van der Waals surface area contributed by atoms with Gasteiger partial charge >= 0.3 is 0 Å². The molecule has 0 bridgehead atoms. The van der Waals surface area contributed by atoms with Crippen molar-refractivity contribution < 1.29 is 9.84 Å². The third-order valence-corrected chi connectivity index (χ3v) is 1.36. The summed E-state index contributed by atoms with van der Waals surface area (Å²) in [6.45, 7) is 9.47. The van der Waals surface area contributed by atoms with Crippen LogP contribution in [0.4, 0.5) is 0 Å². The number of hydrogen-bond donors (Lipinski definition) is 1. The zero-order chi connectivity index (χ0) is 8.91. The first-order valence-electron chi connectivity index (χ1n) is 4.17. The van der Waals surface area contributed by atoms with Crippen LogP contribution in [0.15, 0.2) is 0 Å². The molecule has 0 heterocycles. The van der Waals surface area contributed by atoms with E-state index < -0.39 is 0 Å². The average Bonchev–Trinajstić information content (AvgIpc) is 1.78. The molecule has 11 heavy (non-hydrogen) atoms. The normalized spacial score (nSPS) is 15.0. The third kappa shape index (κ3) is 9.92. The molecule has 0 fully saturated rings. The molecule has 0 aliphatic rings. The fourth-order valence-electron chi connectivity index (χ4n) is 0.632. The van der Waals surface area contributed by atoms with E-state index in [9.17, 15) is 0 Å². The van der Waals surface area contributed by atoms with Crippen molar-refractivity contribution in [3.8, 4) is 0 Å². The van der Waals surface area contributed by atoms with Crippen molar-refractivity contribution in [2.24, 2.45) is 5.41 Å². The summed E-state index contributed by atoms with van der Waals surface area (Å²) in [6, 6.07) is 0. The zero-order valence-electron chi connectivity index (χ0n) is 8.05. The van der Waals surface area contributed by atoms with Crippen molar-refractivity contribution in [1.29, 1.82) is 0 Å². The zero-order valence-corrected chi connectivity index (χ0v) is 8.05. The van der Waals surface area contributed by atoms with Crippen LogP contribution >= 0.6 is 0 Å². The Morgan fingerprint density at radius 1 is 1.36 bits per heavy atom. The summed E-state index contributed by atoms with van der Waals surface area (Å²) in [4.78, 5) is 0. The van der Waals surface area contributed by atoms with Crippen molar-refractivity contribution in [2.75, 3.05) is 13.2 Å². The quantitative estimate of drug-likeness (QED) is 0.636. The first-order valence-corrected chi connectivity index (χ1v) is 4.17. The molecule has 0 radical (unpaired) electrons. The minimum Gasteiger partial charge on any atom is -0.391 e. The molecular formula is C9H20O2. The van der Waals surface area contributed by atoms with Crippen LogP contribution < -0.4 is 0 Å². The minimum absolute atomic E-state index is 0.332. The van der Waals surface area contributed by atoms with Gasteiger partial charge in [-0.05, 0) is 18.8 Å². The first-order chi connectivity index (χ1) is 4.92. The Morgan fingerprint density at radius 2 is 1.91 bits per heavy atom. The molecule has 0 aromatic rings. The summed E-state index contributed by atoms with van der Waals surface area (Å²) in [5.41, 5.74) is 0.332. The van der Waals surface area contributed by atoms with Gasteiger partial charge in [0.05, 0.1) is 12.7 Å². The lowest BCUT2D eigenvalue weighted by atomic mass is 9.93. The van der Waals surface area contributed by atoms with E-state index in [4.69, 9.17) is 9.84 Å². The van der Waals surface area contributed by atoms with E-state index >= 15 is 0 Å². The smallest absolute Gasteiger partial charge is 0.0745 e. The van der Waals surface area contributed by atoms with E-state index in [1.165, 1.54) is 0 Å². The number of hydrogen-bond acceptors (Lipinski definition) is 2. The monoisotopic (exact) mass is 160 g/mol. The Morgan fingerprint density at radius 3 is 2.27 bits per heavy atom. The van der Waals surface area contributed by atoms with E-state index in [2.05, 4.69) is 20.8 Å². The molecule has 0 aromatic carbocycles. The van der Waals surface area contributed by atoms with Crippen LogP contribution in [0.3, 0.4) is 0 Å². The molecule has 68 valence electrons. The number of aliphatic hydroxyl groups excluding tert-OH is 1. The molecule has 1 N–H and O–H groups in total. The average molecular weight is 160 g/mol. The topological polar surface area (TPSA) is 29.5 Å². The maximum absolute atomic E-state index is 8.86. The SMILES string of the molecule is C[C@@H](O)COCCC(C)(C)C. The van der Waals surface area contributed by atoms with Gasteiger partial charge in [-0.25, -0.2) is 0 Å². The summed E-state index contributed by atoms with van der Waals surface area (Å²) < 4.78 is 5.22.